The highest BCUT2D eigenvalue weighted by molar-refractivity contribution is 5.81. The van der Waals surface area contributed by atoms with Crippen molar-refractivity contribution in [2.75, 3.05) is 0 Å². The first-order valence-corrected chi connectivity index (χ1v) is 5.37. The highest BCUT2D eigenvalue weighted by atomic mass is 16.3. The van der Waals surface area contributed by atoms with Crippen molar-refractivity contribution in [3.63, 3.8) is 0 Å². The first-order chi connectivity index (χ1) is 7.68. The molecule has 0 amide bonds. The van der Waals surface area contributed by atoms with Gasteiger partial charge >= 0.3 is 0 Å². The van der Waals surface area contributed by atoms with Gasteiger partial charge in [-0.3, -0.25) is 4.98 Å². The third-order valence-corrected chi connectivity index (χ3v) is 2.73. The molecule has 0 aliphatic heterocycles. The molecule has 0 fully saturated rings. The molecule has 0 aliphatic rings. The molecule has 2 rings (SSSR count). The largest absolute Gasteiger partial charge is 0.391 e. The number of nitrogens with zero attached hydrogens (tertiary/aromatic N) is 1. The van der Waals surface area contributed by atoms with Crippen LogP contribution in [0.4, 0.5) is 0 Å². The third kappa shape index (κ3) is 2.21. The van der Waals surface area contributed by atoms with E-state index in [1.165, 1.54) is 0 Å². The molecule has 3 heteroatoms. The van der Waals surface area contributed by atoms with Gasteiger partial charge in [-0.25, -0.2) is 0 Å². The Balaban J connectivity index is 2.37. The minimum Gasteiger partial charge on any atom is -0.391 e. The van der Waals surface area contributed by atoms with Crippen LogP contribution in [0, 0.1) is 0 Å². The van der Waals surface area contributed by atoms with E-state index in [1.807, 2.05) is 30.3 Å². The van der Waals surface area contributed by atoms with E-state index in [-0.39, 0.29) is 0 Å². The number of benzene rings is 1. The van der Waals surface area contributed by atoms with Crippen molar-refractivity contribution in [3.05, 3.63) is 42.1 Å². The molecule has 0 saturated carbocycles. The maximum Gasteiger partial charge on any atom is 0.0836 e. The zero-order valence-electron chi connectivity index (χ0n) is 9.17. The molecule has 84 valence electrons. The Morgan fingerprint density at radius 2 is 1.94 bits per heavy atom. The van der Waals surface area contributed by atoms with Crippen molar-refractivity contribution < 1.29 is 10.2 Å². The summed E-state index contributed by atoms with van der Waals surface area (Å²) in [6.07, 6.45) is 0.727. The molecule has 1 heterocycles. The van der Waals surface area contributed by atoms with Gasteiger partial charge in [0.05, 0.1) is 17.7 Å². The summed E-state index contributed by atoms with van der Waals surface area (Å²) < 4.78 is 0. The average molecular weight is 217 g/mol. The Labute approximate surface area is 94.4 Å². The molecule has 2 N–H and O–H groups in total. The molecule has 3 nitrogen and oxygen atoms in total. The van der Waals surface area contributed by atoms with Gasteiger partial charge < -0.3 is 10.2 Å². The maximum absolute atomic E-state index is 9.67. The van der Waals surface area contributed by atoms with Crippen LogP contribution in [0.15, 0.2) is 36.5 Å². The number of fused-ring (bicyclic) bond motifs is 1. The molecule has 1 aromatic heterocycles. The van der Waals surface area contributed by atoms with Crippen LogP contribution in [0.3, 0.4) is 0 Å². The first-order valence-electron chi connectivity index (χ1n) is 5.37. The average Bonchev–Trinajstić information content (AvgIpc) is 2.29. The Bertz CT molecular complexity index is 477. The second kappa shape index (κ2) is 4.60. The minimum absolute atomic E-state index is 0.445. The molecule has 0 radical (unpaired) electrons. The first kappa shape index (κ1) is 11.0. The van der Waals surface area contributed by atoms with Gasteiger partial charge in [-0.1, -0.05) is 18.2 Å². The predicted octanol–water partition coefficient (Wildman–Crippen LogP) is 1.52. The summed E-state index contributed by atoms with van der Waals surface area (Å²) in [4.78, 5) is 4.25. The number of hydrogen-bond acceptors (Lipinski definition) is 3. The lowest BCUT2D eigenvalue weighted by Crippen LogP contribution is -2.24. The van der Waals surface area contributed by atoms with Crippen LogP contribution in [0.25, 0.3) is 10.9 Å². The van der Waals surface area contributed by atoms with E-state index in [9.17, 15) is 10.2 Å². The van der Waals surface area contributed by atoms with Crippen LogP contribution in [-0.4, -0.2) is 27.4 Å². The van der Waals surface area contributed by atoms with Crippen LogP contribution in [0.1, 0.15) is 12.5 Å². The summed E-state index contributed by atoms with van der Waals surface area (Å²) in [5.74, 6) is 0. The number of aromatic nitrogens is 1. The van der Waals surface area contributed by atoms with E-state index in [2.05, 4.69) is 4.98 Å². The molecule has 2 aromatic rings. The molecule has 0 aliphatic carbocycles. The quantitative estimate of drug-likeness (QED) is 0.819. The summed E-state index contributed by atoms with van der Waals surface area (Å²) in [6, 6.07) is 9.68. The van der Waals surface area contributed by atoms with Crippen molar-refractivity contribution in [1.29, 1.82) is 0 Å². The van der Waals surface area contributed by atoms with Crippen LogP contribution in [-0.2, 0) is 6.42 Å². The van der Waals surface area contributed by atoms with Crippen LogP contribution >= 0.6 is 0 Å². The SMILES string of the molecule is CC(O)C(O)Cc1ccnc2ccccc12. The Hall–Kier alpha value is -1.45. The normalized spacial score (nSPS) is 14.9. The van der Waals surface area contributed by atoms with Crippen molar-refractivity contribution in [2.24, 2.45) is 0 Å². The van der Waals surface area contributed by atoms with Gasteiger partial charge in [0.1, 0.15) is 0 Å². The smallest absolute Gasteiger partial charge is 0.0836 e. The molecule has 2 atom stereocenters. The molecule has 0 bridgehead atoms. The number of aliphatic hydroxyl groups is 2. The third-order valence-electron chi connectivity index (χ3n) is 2.73. The van der Waals surface area contributed by atoms with Gasteiger partial charge in [-0.05, 0) is 24.6 Å². The Morgan fingerprint density at radius 3 is 2.69 bits per heavy atom. The van der Waals surface area contributed by atoms with E-state index in [1.54, 1.807) is 13.1 Å². The van der Waals surface area contributed by atoms with Gasteiger partial charge in [0.15, 0.2) is 0 Å². The number of para-hydroxylation sites is 1. The van der Waals surface area contributed by atoms with Crippen LogP contribution < -0.4 is 0 Å². The summed E-state index contributed by atoms with van der Waals surface area (Å²) in [7, 11) is 0. The second-order valence-corrected chi connectivity index (χ2v) is 4.00. The zero-order valence-corrected chi connectivity index (χ0v) is 9.17. The predicted molar refractivity (Wildman–Crippen MR) is 63.1 cm³/mol. The number of rotatable bonds is 3. The maximum atomic E-state index is 9.67. The summed E-state index contributed by atoms with van der Waals surface area (Å²) >= 11 is 0. The monoisotopic (exact) mass is 217 g/mol. The molecular weight excluding hydrogens is 202 g/mol. The topological polar surface area (TPSA) is 53.4 Å². The molecule has 0 spiro atoms. The van der Waals surface area contributed by atoms with Gasteiger partial charge in [0, 0.05) is 18.0 Å². The number of hydrogen-bond donors (Lipinski definition) is 2. The van der Waals surface area contributed by atoms with E-state index in [4.69, 9.17) is 0 Å². The van der Waals surface area contributed by atoms with Crippen molar-refractivity contribution in [2.45, 2.75) is 25.6 Å². The highest BCUT2D eigenvalue weighted by Gasteiger charge is 2.13. The fraction of sp³-hybridized carbons (Fsp3) is 0.308. The molecular formula is C13H15NO2. The lowest BCUT2D eigenvalue weighted by Gasteiger charge is -2.14. The van der Waals surface area contributed by atoms with Crippen molar-refractivity contribution in [1.82, 2.24) is 4.98 Å². The van der Waals surface area contributed by atoms with Gasteiger partial charge in [-0.2, -0.15) is 0 Å². The lowest BCUT2D eigenvalue weighted by molar-refractivity contribution is 0.0321. The van der Waals surface area contributed by atoms with Crippen LogP contribution in [0.5, 0.6) is 0 Å². The van der Waals surface area contributed by atoms with Crippen molar-refractivity contribution >= 4 is 10.9 Å². The zero-order chi connectivity index (χ0) is 11.5. The van der Waals surface area contributed by atoms with Gasteiger partial charge in [0.2, 0.25) is 0 Å². The van der Waals surface area contributed by atoms with E-state index >= 15 is 0 Å². The summed E-state index contributed by atoms with van der Waals surface area (Å²) in [5, 5.41) is 20.0. The van der Waals surface area contributed by atoms with E-state index in [0.717, 1.165) is 16.5 Å². The molecule has 2 unspecified atom stereocenters. The summed E-state index contributed by atoms with van der Waals surface area (Å²) in [5.41, 5.74) is 1.93. The lowest BCUT2D eigenvalue weighted by atomic mass is 10.0. The van der Waals surface area contributed by atoms with E-state index in [0.29, 0.717) is 6.42 Å². The number of pyridine rings is 1. The standard InChI is InChI=1S/C13H15NO2/c1-9(15)13(16)8-10-6-7-14-12-5-3-2-4-11(10)12/h2-7,9,13,15-16H,8H2,1H3. The highest BCUT2D eigenvalue weighted by Crippen LogP contribution is 2.18. The summed E-state index contributed by atoms with van der Waals surface area (Å²) in [6.45, 7) is 1.59. The van der Waals surface area contributed by atoms with Gasteiger partial charge in [-0.15, -0.1) is 0 Å². The van der Waals surface area contributed by atoms with Crippen molar-refractivity contribution in [3.8, 4) is 0 Å². The van der Waals surface area contributed by atoms with Crippen LogP contribution in [0.2, 0.25) is 0 Å². The molecule has 1 aromatic carbocycles. The molecule has 0 saturated heterocycles. The fourth-order valence-corrected chi connectivity index (χ4v) is 1.73. The Morgan fingerprint density at radius 1 is 1.19 bits per heavy atom. The fourth-order valence-electron chi connectivity index (χ4n) is 1.73. The minimum atomic E-state index is -0.731. The second-order valence-electron chi connectivity index (χ2n) is 4.00. The van der Waals surface area contributed by atoms with E-state index < -0.39 is 12.2 Å². The molecule has 16 heavy (non-hydrogen) atoms. The van der Waals surface area contributed by atoms with Gasteiger partial charge in [0.25, 0.3) is 0 Å². The number of aliphatic hydroxyl groups excluding tert-OH is 2. The Kier molecular flexibility index (Phi) is 3.17.